The molecule has 0 spiro atoms. The fraction of sp³-hybridized carbons (Fsp3) is 0.167. The quantitative estimate of drug-likeness (QED) is 0.432. The Morgan fingerprint density at radius 3 is 1.96 bits per heavy atom. The van der Waals surface area contributed by atoms with Gasteiger partial charge in [0.15, 0.2) is 5.17 Å². The number of benzene rings is 3. The van der Waals surface area contributed by atoms with E-state index in [1.807, 2.05) is 36.4 Å². The van der Waals surface area contributed by atoms with Crippen molar-refractivity contribution < 1.29 is 0 Å². The van der Waals surface area contributed by atoms with Gasteiger partial charge in [-0.3, -0.25) is 0 Å². The number of rotatable bonds is 5. The van der Waals surface area contributed by atoms with E-state index in [9.17, 15) is 0 Å². The van der Waals surface area contributed by atoms with Crippen LogP contribution in [0.15, 0.2) is 101 Å². The molecular weight excluding hydrogens is 362 g/mol. The van der Waals surface area contributed by atoms with Crippen LogP contribution in [0.2, 0.25) is 0 Å². The van der Waals surface area contributed by atoms with Gasteiger partial charge in [0.05, 0.1) is 0 Å². The lowest BCUT2D eigenvalue weighted by molar-refractivity contribution is 0.414. The summed E-state index contributed by atoms with van der Waals surface area (Å²) in [5.74, 6) is 1.09. The van der Waals surface area contributed by atoms with Gasteiger partial charge in [-0.2, -0.15) is 0 Å². The maximum Gasteiger partial charge on any atom is 0.186 e. The van der Waals surface area contributed by atoms with Crippen LogP contribution in [-0.2, 0) is 6.54 Å². The highest BCUT2D eigenvalue weighted by molar-refractivity contribution is 8.13. The normalized spacial score (nSPS) is 15.4. The Labute approximate surface area is 170 Å². The summed E-state index contributed by atoms with van der Waals surface area (Å²) < 4.78 is 0. The number of hydrogen-bond acceptors (Lipinski definition) is 3. The van der Waals surface area contributed by atoms with E-state index >= 15 is 0 Å². The third kappa shape index (κ3) is 4.70. The molecule has 0 radical (unpaired) electrons. The van der Waals surface area contributed by atoms with Gasteiger partial charge in [0.25, 0.3) is 0 Å². The van der Waals surface area contributed by atoms with Gasteiger partial charge in [0, 0.05) is 30.0 Å². The lowest BCUT2D eigenvalue weighted by atomic mass is 10.0. The molecule has 140 valence electrons. The van der Waals surface area contributed by atoms with Gasteiger partial charge in [0.2, 0.25) is 0 Å². The Balaban J connectivity index is 1.65. The van der Waals surface area contributed by atoms with Crippen molar-refractivity contribution in [1.29, 1.82) is 0 Å². The van der Waals surface area contributed by atoms with Crippen LogP contribution >= 0.6 is 11.8 Å². The Morgan fingerprint density at radius 2 is 1.36 bits per heavy atom. The van der Waals surface area contributed by atoms with E-state index in [-0.39, 0.29) is 0 Å². The minimum atomic E-state index is 0.869. The van der Waals surface area contributed by atoms with Gasteiger partial charge in [-0.25, -0.2) is 0 Å². The molecule has 28 heavy (non-hydrogen) atoms. The van der Waals surface area contributed by atoms with E-state index in [2.05, 4.69) is 59.5 Å². The molecule has 0 atom stereocenters. The largest absolute Gasteiger partial charge is 0.345 e. The monoisotopic (exact) mass is 385 g/mol. The first kappa shape index (κ1) is 18.5. The molecule has 0 amide bonds. The summed E-state index contributed by atoms with van der Waals surface area (Å²) in [4.78, 5) is 2.33. The molecule has 1 aliphatic heterocycles. The van der Waals surface area contributed by atoms with Gasteiger partial charge in [-0.15, -0.1) is 10.2 Å². The van der Waals surface area contributed by atoms with Crippen molar-refractivity contribution in [3.05, 3.63) is 108 Å². The third-order valence-electron chi connectivity index (χ3n) is 4.62. The number of thioether (sulfide) groups is 1. The van der Waals surface area contributed by atoms with Crippen LogP contribution in [0.4, 0.5) is 0 Å². The molecule has 0 N–H and O–H groups in total. The molecule has 1 saturated heterocycles. The Kier molecular flexibility index (Phi) is 6.20. The van der Waals surface area contributed by atoms with Crippen molar-refractivity contribution in [2.24, 2.45) is 10.2 Å². The van der Waals surface area contributed by atoms with Gasteiger partial charge < -0.3 is 4.90 Å². The van der Waals surface area contributed by atoms with E-state index in [0.717, 1.165) is 40.8 Å². The van der Waals surface area contributed by atoms with Gasteiger partial charge >= 0.3 is 0 Å². The topological polar surface area (TPSA) is 28.0 Å². The zero-order valence-electron chi connectivity index (χ0n) is 15.7. The molecule has 1 heterocycles. The first-order valence-electron chi connectivity index (χ1n) is 9.58. The lowest BCUT2D eigenvalue weighted by Crippen LogP contribution is -2.33. The molecule has 3 aromatic rings. The zero-order valence-corrected chi connectivity index (χ0v) is 16.6. The molecule has 3 nitrogen and oxygen atoms in total. The average molecular weight is 386 g/mol. The van der Waals surface area contributed by atoms with Crippen LogP contribution in [0.5, 0.6) is 0 Å². The van der Waals surface area contributed by atoms with Crippen molar-refractivity contribution in [1.82, 2.24) is 4.90 Å². The zero-order chi connectivity index (χ0) is 19.0. The molecule has 4 heteroatoms. The summed E-state index contributed by atoms with van der Waals surface area (Å²) in [6.45, 7) is 1.89. The predicted octanol–water partition coefficient (Wildman–Crippen LogP) is 5.43. The van der Waals surface area contributed by atoms with Crippen LogP contribution in [0.1, 0.15) is 23.1 Å². The first-order valence-corrected chi connectivity index (χ1v) is 10.6. The lowest BCUT2D eigenvalue weighted by Gasteiger charge is -2.28. The number of nitrogens with zero attached hydrogens (tertiary/aromatic N) is 3. The molecule has 0 aromatic heterocycles. The summed E-state index contributed by atoms with van der Waals surface area (Å²) in [5, 5.41) is 10.4. The van der Waals surface area contributed by atoms with Crippen LogP contribution < -0.4 is 0 Å². The first-order chi connectivity index (χ1) is 13.9. The SMILES string of the molecule is c1ccc(CN2CCCS/C2=N/N=C(c2ccccc2)c2ccccc2)cc1. The van der Waals surface area contributed by atoms with Gasteiger partial charge in [0.1, 0.15) is 5.71 Å². The Morgan fingerprint density at radius 1 is 0.786 bits per heavy atom. The molecule has 0 bridgehead atoms. The number of amidine groups is 1. The van der Waals surface area contributed by atoms with Gasteiger partial charge in [-0.1, -0.05) is 103 Å². The summed E-state index contributed by atoms with van der Waals surface area (Å²) in [5.41, 5.74) is 4.36. The molecule has 1 fully saturated rings. The summed E-state index contributed by atoms with van der Waals surface area (Å²) in [7, 11) is 0. The molecule has 1 aliphatic rings. The number of hydrogen-bond donors (Lipinski definition) is 0. The highest BCUT2D eigenvalue weighted by Crippen LogP contribution is 2.21. The predicted molar refractivity (Wildman–Crippen MR) is 120 cm³/mol. The van der Waals surface area contributed by atoms with Crippen molar-refractivity contribution in [3.63, 3.8) is 0 Å². The average Bonchev–Trinajstić information content (AvgIpc) is 2.77. The molecular formula is C24H23N3S. The van der Waals surface area contributed by atoms with Gasteiger partial charge in [-0.05, 0) is 12.0 Å². The summed E-state index contributed by atoms with van der Waals surface area (Å²) in [6, 6.07) is 31.1. The maximum absolute atomic E-state index is 4.72. The minimum absolute atomic E-state index is 0.869. The fourth-order valence-electron chi connectivity index (χ4n) is 3.22. The standard InChI is InChI=1S/C24H23N3S/c1-4-11-20(12-5-1)19-27-17-10-18-28-24(27)26-25-23(21-13-6-2-7-14-21)22-15-8-3-9-16-22/h1-9,11-16H,10,17-19H2/b26-24+. The maximum atomic E-state index is 4.72. The molecule has 4 rings (SSSR count). The van der Waals surface area contributed by atoms with Crippen molar-refractivity contribution in [2.45, 2.75) is 13.0 Å². The third-order valence-corrected chi connectivity index (χ3v) is 5.71. The van der Waals surface area contributed by atoms with Crippen molar-refractivity contribution >= 4 is 22.6 Å². The van der Waals surface area contributed by atoms with E-state index < -0.39 is 0 Å². The van der Waals surface area contributed by atoms with E-state index in [1.165, 1.54) is 12.0 Å². The minimum Gasteiger partial charge on any atom is -0.345 e. The molecule has 0 saturated carbocycles. The van der Waals surface area contributed by atoms with Crippen LogP contribution in [-0.4, -0.2) is 28.1 Å². The van der Waals surface area contributed by atoms with Crippen LogP contribution in [0, 0.1) is 0 Å². The fourth-order valence-corrected chi connectivity index (χ4v) is 4.11. The second kappa shape index (κ2) is 9.38. The highest BCUT2D eigenvalue weighted by Gasteiger charge is 2.18. The molecule has 0 unspecified atom stereocenters. The molecule has 0 aliphatic carbocycles. The van der Waals surface area contributed by atoms with Crippen LogP contribution in [0.25, 0.3) is 0 Å². The Bertz CT molecular complexity index is 896. The molecule has 3 aromatic carbocycles. The summed E-state index contributed by atoms with van der Waals surface area (Å²) in [6.07, 6.45) is 1.17. The van der Waals surface area contributed by atoms with Crippen molar-refractivity contribution in [2.75, 3.05) is 12.3 Å². The van der Waals surface area contributed by atoms with E-state index in [4.69, 9.17) is 10.2 Å². The Hall–Kier alpha value is -2.85. The van der Waals surface area contributed by atoms with Crippen molar-refractivity contribution in [3.8, 4) is 0 Å². The van der Waals surface area contributed by atoms with Crippen LogP contribution in [0.3, 0.4) is 0 Å². The smallest absolute Gasteiger partial charge is 0.186 e. The second-order valence-corrected chi connectivity index (χ2v) is 7.73. The van der Waals surface area contributed by atoms with E-state index in [0.29, 0.717) is 0 Å². The summed E-state index contributed by atoms with van der Waals surface area (Å²) >= 11 is 1.79. The highest BCUT2D eigenvalue weighted by atomic mass is 32.2. The second-order valence-electron chi connectivity index (χ2n) is 6.67. The van der Waals surface area contributed by atoms with E-state index in [1.54, 1.807) is 11.8 Å².